The van der Waals surface area contributed by atoms with Crippen LogP contribution >= 0.6 is 12.4 Å². The Labute approximate surface area is 124 Å². The molecule has 1 atom stereocenters. The average Bonchev–Trinajstić information content (AvgIpc) is 2.94. The van der Waals surface area contributed by atoms with Gasteiger partial charge in [-0.1, -0.05) is 6.07 Å². The number of rotatable bonds is 3. The van der Waals surface area contributed by atoms with Crippen molar-refractivity contribution in [3.8, 4) is 0 Å². The predicted octanol–water partition coefficient (Wildman–Crippen LogP) is 1.75. The topological polar surface area (TPSA) is 67.4 Å². The monoisotopic (exact) mass is 298 g/mol. The lowest BCUT2D eigenvalue weighted by Crippen LogP contribution is -2.24. The Bertz CT molecular complexity index is 499. The number of nitrogens with one attached hydrogen (secondary N) is 2. The number of carbonyl (C=O) groups is 2. The zero-order valence-electron chi connectivity index (χ0n) is 11.6. The molecule has 0 aliphatic carbocycles. The van der Waals surface area contributed by atoms with Gasteiger partial charge in [0.05, 0.1) is 18.6 Å². The van der Waals surface area contributed by atoms with Gasteiger partial charge in [0, 0.05) is 12.2 Å². The standard InChI is InChI=1S/C14H18N2O3.ClH/c1-9-3-4-11(7-12(9)14(18)19-2)16-13(17)10-5-6-15-8-10;/h3-4,7,10,15H,5-6,8H2,1-2H3,(H,16,17);1H. The summed E-state index contributed by atoms with van der Waals surface area (Å²) in [5.74, 6) is -0.399. The maximum atomic E-state index is 12.0. The van der Waals surface area contributed by atoms with Gasteiger partial charge in [-0.25, -0.2) is 4.79 Å². The molecule has 1 aliphatic heterocycles. The highest BCUT2D eigenvalue weighted by molar-refractivity contribution is 5.96. The van der Waals surface area contributed by atoms with E-state index in [1.54, 1.807) is 18.2 Å². The summed E-state index contributed by atoms with van der Waals surface area (Å²) in [6.45, 7) is 3.42. The molecule has 1 aromatic rings. The number of benzene rings is 1. The van der Waals surface area contributed by atoms with Gasteiger partial charge in [-0.05, 0) is 37.6 Å². The van der Waals surface area contributed by atoms with Crippen LogP contribution in [0.4, 0.5) is 5.69 Å². The molecule has 2 rings (SSSR count). The Morgan fingerprint density at radius 2 is 2.15 bits per heavy atom. The van der Waals surface area contributed by atoms with E-state index in [4.69, 9.17) is 4.74 Å². The fraction of sp³-hybridized carbons (Fsp3) is 0.429. The van der Waals surface area contributed by atoms with E-state index < -0.39 is 5.97 Å². The predicted molar refractivity (Wildman–Crippen MR) is 79.4 cm³/mol. The zero-order valence-corrected chi connectivity index (χ0v) is 12.4. The van der Waals surface area contributed by atoms with Gasteiger partial charge in [0.15, 0.2) is 0 Å². The molecular formula is C14H19ClN2O3. The molecule has 0 aromatic heterocycles. The first-order valence-corrected chi connectivity index (χ1v) is 6.32. The highest BCUT2D eigenvalue weighted by Crippen LogP contribution is 2.18. The lowest BCUT2D eigenvalue weighted by molar-refractivity contribution is -0.119. The number of esters is 1. The Balaban J connectivity index is 0.00000200. The number of methoxy groups -OCH3 is 1. The van der Waals surface area contributed by atoms with Crippen LogP contribution in [0.1, 0.15) is 22.3 Å². The lowest BCUT2D eigenvalue weighted by Gasteiger charge is -2.11. The van der Waals surface area contributed by atoms with Crippen LogP contribution in [-0.4, -0.2) is 32.1 Å². The van der Waals surface area contributed by atoms with Crippen molar-refractivity contribution >= 4 is 30.0 Å². The molecule has 0 saturated carbocycles. The van der Waals surface area contributed by atoms with Gasteiger partial charge in [-0.3, -0.25) is 4.79 Å². The van der Waals surface area contributed by atoms with Crippen LogP contribution in [0.3, 0.4) is 0 Å². The molecule has 0 radical (unpaired) electrons. The number of anilines is 1. The third-order valence-electron chi connectivity index (χ3n) is 3.34. The number of carbonyl (C=O) groups excluding carboxylic acids is 2. The molecular weight excluding hydrogens is 280 g/mol. The first-order chi connectivity index (χ1) is 9.11. The summed E-state index contributed by atoms with van der Waals surface area (Å²) in [6, 6.07) is 5.25. The Kier molecular flexibility index (Phi) is 5.98. The minimum Gasteiger partial charge on any atom is -0.465 e. The Hall–Kier alpha value is -1.59. The van der Waals surface area contributed by atoms with Crippen molar-refractivity contribution in [3.05, 3.63) is 29.3 Å². The van der Waals surface area contributed by atoms with E-state index in [0.29, 0.717) is 17.8 Å². The molecule has 1 saturated heterocycles. The maximum Gasteiger partial charge on any atom is 0.338 e. The molecule has 0 bridgehead atoms. The summed E-state index contributed by atoms with van der Waals surface area (Å²) in [6.07, 6.45) is 0.849. The highest BCUT2D eigenvalue weighted by atomic mass is 35.5. The molecule has 20 heavy (non-hydrogen) atoms. The molecule has 6 heteroatoms. The van der Waals surface area contributed by atoms with Crippen molar-refractivity contribution in [1.82, 2.24) is 5.32 Å². The summed E-state index contributed by atoms with van der Waals surface area (Å²) in [4.78, 5) is 23.6. The van der Waals surface area contributed by atoms with Crippen LogP contribution in [0.5, 0.6) is 0 Å². The van der Waals surface area contributed by atoms with Crippen molar-refractivity contribution in [2.45, 2.75) is 13.3 Å². The van der Waals surface area contributed by atoms with Crippen molar-refractivity contribution in [1.29, 1.82) is 0 Å². The summed E-state index contributed by atoms with van der Waals surface area (Å²) >= 11 is 0. The second-order valence-corrected chi connectivity index (χ2v) is 4.70. The fourth-order valence-electron chi connectivity index (χ4n) is 2.15. The molecule has 5 nitrogen and oxygen atoms in total. The number of hydrogen-bond acceptors (Lipinski definition) is 4. The molecule has 1 unspecified atom stereocenters. The lowest BCUT2D eigenvalue weighted by atomic mass is 10.1. The van der Waals surface area contributed by atoms with E-state index in [-0.39, 0.29) is 24.2 Å². The van der Waals surface area contributed by atoms with Gasteiger partial charge >= 0.3 is 5.97 Å². The molecule has 1 aliphatic rings. The van der Waals surface area contributed by atoms with E-state index in [9.17, 15) is 9.59 Å². The van der Waals surface area contributed by atoms with Crippen LogP contribution in [0.15, 0.2) is 18.2 Å². The van der Waals surface area contributed by atoms with Crippen molar-refractivity contribution in [2.75, 3.05) is 25.5 Å². The largest absolute Gasteiger partial charge is 0.465 e. The number of aryl methyl sites for hydroxylation is 1. The van der Waals surface area contributed by atoms with Gasteiger partial charge in [0.25, 0.3) is 0 Å². The molecule has 1 aromatic carbocycles. The molecule has 1 heterocycles. The molecule has 2 N–H and O–H groups in total. The highest BCUT2D eigenvalue weighted by Gasteiger charge is 2.22. The first kappa shape index (κ1) is 16.5. The SMILES string of the molecule is COC(=O)c1cc(NC(=O)C2CCNC2)ccc1C.Cl. The van der Waals surface area contributed by atoms with E-state index >= 15 is 0 Å². The fourth-order valence-corrected chi connectivity index (χ4v) is 2.15. The molecule has 110 valence electrons. The number of amides is 1. The van der Waals surface area contributed by atoms with Crippen LogP contribution in [0, 0.1) is 12.8 Å². The third-order valence-corrected chi connectivity index (χ3v) is 3.34. The summed E-state index contributed by atoms with van der Waals surface area (Å²) < 4.78 is 4.72. The van der Waals surface area contributed by atoms with Gasteiger partial charge in [-0.2, -0.15) is 0 Å². The third kappa shape index (κ3) is 3.71. The maximum absolute atomic E-state index is 12.0. The van der Waals surface area contributed by atoms with Gasteiger partial charge in [0.1, 0.15) is 0 Å². The zero-order chi connectivity index (χ0) is 13.8. The second kappa shape index (κ2) is 7.26. The molecule has 1 amide bonds. The van der Waals surface area contributed by atoms with E-state index in [0.717, 1.165) is 18.5 Å². The normalized spacial score (nSPS) is 17.2. The summed E-state index contributed by atoms with van der Waals surface area (Å²) in [5.41, 5.74) is 1.93. The summed E-state index contributed by atoms with van der Waals surface area (Å²) in [7, 11) is 1.34. The molecule has 0 spiro atoms. The molecule has 1 fully saturated rings. The van der Waals surface area contributed by atoms with Gasteiger partial charge in [0.2, 0.25) is 5.91 Å². The van der Waals surface area contributed by atoms with Gasteiger partial charge < -0.3 is 15.4 Å². The summed E-state index contributed by atoms with van der Waals surface area (Å²) in [5, 5.41) is 6.00. The Morgan fingerprint density at radius 1 is 1.40 bits per heavy atom. The number of halogens is 1. The van der Waals surface area contributed by atoms with Crippen LogP contribution in [0.25, 0.3) is 0 Å². The van der Waals surface area contributed by atoms with Crippen molar-refractivity contribution in [3.63, 3.8) is 0 Å². The van der Waals surface area contributed by atoms with E-state index in [2.05, 4.69) is 10.6 Å². The average molecular weight is 299 g/mol. The second-order valence-electron chi connectivity index (χ2n) is 4.70. The van der Waals surface area contributed by atoms with Crippen LogP contribution in [-0.2, 0) is 9.53 Å². The van der Waals surface area contributed by atoms with E-state index in [1.807, 2.05) is 6.92 Å². The van der Waals surface area contributed by atoms with Crippen LogP contribution < -0.4 is 10.6 Å². The minimum atomic E-state index is -0.392. The first-order valence-electron chi connectivity index (χ1n) is 6.32. The van der Waals surface area contributed by atoms with Crippen molar-refractivity contribution < 1.29 is 14.3 Å². The Morgan fingerprint density at radius 3 is 2.75 bits per heavy atom. The smallest absolute Gasteiger partial charge is 0.338 e. The van der Waals surface area contributed by atoms with Gasteiger partial charge in [-0.15, -0.1) is 12.4 Å². The number of hydrogen-bond donors (Lipinski definition) is 2. The number of ether oxygens (including phenoxy) is 1. The van der Waals surface area contributed by atoms with Crippen LogP contribution in [0.2, 0.25) is 0 Å². The van der Waals surface area contributed by atoms with Crippen molar-refractivity contribution in [2.24, 2.45) is 5.92 Å². The van der Waals surface area contributed by atoms with E-state index in [1.165, 1.54) is 7.11 Å². The quantitative estimate of drug-likeness (QED) is 0.834. The minimum absolute atomic E-state index is 0.